The smallest absolute Gasteiger partial charge is 0.329 e. The molecule has 2 rings (SSSR count). The summed E-state index contributed by atoms with van der Waals surface area (Å²) in [5, 5.41) is 13.6. The number of anilines is 2. The highest BCUT2D eigenvalue weighted by Gasteiger charge is 2.14. The number of nitrogens with one attached hydrogen (secondary N) is 2. The molecule has 0 spiro atoms. The van der Waals surface area contributed by atoms with Crippen LogP contribution in [0.3, 0.4) is 0 Å². The van der Waals surface area contributed by atoms with E-state index in [1.165, 1.54) is 13.1 Å². The lowest BCUT2D eigenvalue weighted by molar-refractivity contribution is -0.385. The standard InChI is InChI=1S/C12H13N5O4/c1-16-10(13)9(11(18)15-12(16)19)14-6-7-4-2-3-5-8(7)17(20)21/h2-5,14H,6,13H2,1H3,(H,15,18,19). The van der Waals surface area contributed by atoms with E-state index in [2.05, 4.69) is 10.3 Å². The summed E-state index contributed by atoms with van der Waals surface area (Å²) in [6, 6.07) is 6.14. The Morgan fingerprint density at radius 2 is 2.05 bits per heavy atom. The molecule has 0 atom stereocenters. The van der Waals surface area contributed by atoms with Crippen LogP contribution in [0.15, 0.2) is 33.9 Å². The van der Waals surface area contributed by atoms with Crippen molar-refractivity contribution in [1.82, 2.24) is 9.55 Å². The quantitative estimate of drug-likeness (QED) is 0.543. The van der Waals surface area contributed by atoms with Gasteiger partial charge in [0.25, 0.3) is 11.2 Å². The van der Waals surface area contributed by atoms with Crippen LogP contribution >= 0.6 is 0 Å². The van der Waals surface area contributed by atoms with Crippen molar-refractivity contribution in [3.63, 3.8) is 0 Å². The fourth-order valence-electron chi connectivity index (χ4n) is 1.83. The minimum absolute atomic E-state index is 0.00440. The molecule has 0 unspecified atom stereocenters. The summed E-state index contributed by atoms with van der Waals surface area (Å²) in [5.74, 6) is -0.0395. The zero-order valence-electron chi connectivity index (χ0n) is 11.1. The Morgan fingerprint density at radius 1 is 1.38 bits per heavy atom. The number of nitro groups is 1. The van der Waals surface area contributed by atoms with Crippen molar-refractivity contribution in [3.05, 3.63) is 60.8 Å². The number of benzene rings is 1. The molecule has 0 fully saturated rings. The Balaban J connectivity index is 2.34. The summed E-state index contributed by atoms with van der Waals surface area (Å²) in [4.78, 5) is 35.5. The highest BCUT2D eigenvalue weighted by atomic mass is 16.6. The lowest BCUT2D eigenvalue weighted by atomic mass is 10.2. The molecule has 0 aliphatic rings. The number of nitrogen functional groups attached to an aromatic ring is 1. The lowest BCUT2D eigenvalue weighted by Crippen LogP contribution is -2.32. The fraction of sp³-hybridized carbons (Fsp3) is 0.167. The van der Waals surface area contributed by atoms with E-state index in [0.29, 0.717) is 5.56 Å². The van der Waals surface area contributed by atoms with E-state index < -0.39 is 16.2 Å². The minimum atomic E-state index is -0.672. The van der Waals surface area contributed by atoms with Crippen LogP contribution in [0.1, 0.15) is 5.56 Å². The first-order valence-electron chi connectivity index (χ1n) is 5.96. The van der Waals surface area contributed by atoms with Crippen LogP contribution in [0.4, 0.5) is 17.2 Å². The van der Waals surface area contributed by atoms with Gasteiger partial charge in [-0.25, -0.2) is 4.79 Å². The van der Waals surface area contributed by atoms with E-state index in [4.69, 9.17) is 5.73 Å². The predicted molar refractivity (Wildman–Crippen MR) is 77.1 cm³/mol. The van der Waals surface area contributed by atoms with Gasteiger partial charge < -0.3 is 11.1 Å². The molecular weight excluding hydrogens is 278 g/mol. The number of nitro benzene ring substituents is 1. The van der Waals surface area contributed by atoms with Crippen LogP contribution in [-0.4, -0.2) is 14.5 Å². The van der Waals surface area contributed by atoms with Crippen LogP contribution < -0.4 is 22.3 Å². The van der Waals surface area contributed by atoms with Crippen LogP contribution in [0.2, 0.25) is 0 Å². The zero-order valence-corrected chi connectivity index (χ0v) is 11.1. The number of rotatable bonds is 4. The van der Waals surface area contributed by atoms with Crippen LogP contribution in [0.25, 0.3) is 0 Å². The summed E-state index contributed by atoms with van der Waals surface area (Å²) in [5.41, 5.74) is 4.72. The highest BCUT2D eigenvalue weighted by molar-refractivity contribution is 5.60. The van der Waals surface area contributed by atoms with E-state index in [1.54, 1.807) is 18.2 Å². The van der Waals surface area contributed by atoms with E-state index in [1.807, 2.05) is 0 Å². The molecule has 0 saturated carbocycles. The van der Waals surface area contributed by atoms with E-state index >= 15 is 0 Å². The Hall–Kier alpha value is -3.10. The average molecular weight is 291 g/mol. The highest BCUT2D eigenvalue weighted by Crippen LogP contribution is 2.19. The maximum atomic E-state index is 11.7. The molecule has 110 valence electrons. The molecule has 0 bridgehead atoms. The number of hydrogen-bond acceptors (Lipinski definition) is 6. The second-order valence-electron chi connectivity index (χ2n) is 4.32. The van der Waals surface area contributed by atoms with Crippen molar-refractivity contribution in [2.75, 3.05) is 11.1 Å². The molecule has 0 aliphatic heterocycles. The summed E-state index contributed by atoms with van der Waals surface area (Å²) < 4.78 is 1.07. The van der Waals surface area contributed by atoms with E-state index in [0.717, 1.165) is 4.57 Å². The van der Waals surface area contributed by atoms with Gasteiger partial charge in [0.1, 0.15) is 11.5 Å². The summed E-state index contributed by atoms with van der Waals surface area (Å²) in [7, 11) is 1.41. The molecule has 0 aliphatic carbocycles. The fourth-order valence-corrected chi connectivity index (χ4v) is 1.83. The average Bonchev–Trinajstić information content (AvgIpc) is 2.45. The SMILES string of the molecule is Cn1c(N)c(NCc2ccccc2[N+](=O)[O-])c(=O)[nH]c1=O. The van der Waals surface area contributed by atoms with Gasteiger partial charge in [-0.15, -0.1) is 0 Å². The van der Waals surface area contributed by atoms with Crippen molar-refractivity contribution in [3.8, 4) is 0 Å². The van der Waals surface area contributed by atoms with E-state index in [9.17, 15) is 19.7 Å². The van der Waals surface area contributed by atoms with Gasteiger partial charge in [0.2, 0.25) is 0 Å². The number of aromatic nitrogens is 2. The minimum Gasteiger partial charge on any atom is -0.383 e. The van der Waals surface area contributed by atoms with Gasteiger partial charge in [0, 0.05) is 25.2 Å². The predicted octanol–water partition coefficient (Wildman–Crippen LogP) is 0.176. The number of H-pyrrole nitrogens is 1. The van der Waals surface area contributed by atoms with E-state index in [-0.39, 0.29) is 23.7 Å². The van der Waals surface area contributed by atoms with Crippen molar-refractivity contribution in [2.45, 2.75) is 6.54 Å². The second-order valence-corrected chi connectivity index (χ2v) is 4.32. The Bertz CT molecular complexity index is 808. The van der Waals surface area contributed by atoms with Crippen LogP contribution in [0.5, 0.6) is 0 Å². The molecule has 2 aromatic rings. The Kier molecular flexibility index (Phi) is 3.74. The molecule has 0 saturated heterocycles. The number of para-hydroxylation sites is 1. The van der Waals surface area contributed by atoms with Gasteiger partial charge in [0.15, 0.2) is 0 Å². The first kappa shape index (κ1) is 14.3. The zero-order chi connectivity index (χ0) is 15.6. The van der Waals surface area contributed by atoms with Gasteiger partial charge in [-0.3, -0.25) is 24.5 Å². The van der Waals surface area contributed by atoms with Crippen molar-refractivity contribution in [2.24, 2.45) is 7.05 Å². The molecule has 21 heavy (non-hydrogen) atoms. The third kappa shape index (κ3) is 2.76. The summed E-state index contributed by atoms with van der Waals surface area (Å²) >= 11 is 0. The Labute approximate surface area is 118 Å². The first-order valence-corrected chi connectivity index (χ1v) is 5.96. The van der Waals surface area contributed by atoms with Crippen LogP contribution in [-0.2, 0) is 13.6 Å². The van der Waals surface area contributed by atoms with Gasteiger partial charge in [-0.2, -0.15) is 0 Å². The second kappa shape index (κ2) is 5.49. The summed E-state index contributed by atoms with van der Waals surface area (Å²) in [6.07, 6.45) is 0. The Morgan fingerprint density at radius 3 is 2.71 bits per heavy atom. The van der Waals surface area contributed by atoms with Crippen molar-refractivity contribution < 1.29 is 4.92 Å². The van der Waals surface area contributed by atoms with Crippen molar-refractivity contribution >= 4 is 17.2 Å². The van der Waals surface area contributed by atoms with Crippen LogP contribution in [0, 0.1) is 10.1 Å². The third-order valence-corrected chi connectivity index (χ3v) is 3.01. The van der Waals surface area contributed by atoms with Gasteiger partial charge >= 0.3 is 5.69 Å². The van der Waals surface area contributed by atoms with Gasteiger partial charge in [0.05, 0.1) is 4.92 Å². The number of nitrogens with two attached hydrogens (primary N) is 1. The molecule has 9 heteroatoms. The molecule has 1 aromatic carbocycles. The summed E-state index contributed by atoms with van der Waals surface area (Å²) in [6.45, 7) is 0.0304. The molecular formula is C12H13N5O4. The molecule has 0 radical (unpaired) electrons. The number of nitrogens with zero attached hydrogens (tertiary/aromatic N) is 2. The molecule has 9 nitrogen and oxygen atoms in total. The normalized spacial score (nSPS) is 10.3. The maximum absolute atomic E-state index is 11.7. The molecule has 4 N–H and O–H groups in total. The lowest BCUT2D eigenvalue weighted by Gasteiger charge is -2.10. The van der Waals surface area contributed by atoms with Gasteiger partial charge in [-0.05, 0) is 0 Å². The molecule has 0 amide bonds. The maximum Gasteiger partial charge on any atom is 0.329 e. The monoisotopic (exact) mass is 291 g/mol. The third-order valence-electron chi connectivity index (χ3n) is 3.01. The number of hydrogen-bond donors (Lipinski definition) is 3. The molecule has 1 aromatic heterocycles. The molecule has 1 heterocycles. The largest absolute Gasteiger partial charge is 0.383 e. The first-order chi connectivity index (χ1) is 9.91. The topological polar surface area (TPSA) is 136 Å². The van der Waals surface area contributed by atoms with Gasteiger partial charge in [-0.1, -0.05) is 18.2 Å². The number of aromatic amines is 1. The van der Waals surface area contributed by atoms with Crippen molar-refractivity contribution in [1.29, 1.82) is 0 Å².